The summed E-state index contributed by atoms with van der Waals surface area (Å²) >= 11 is 0. The minimum Gasteiger partial charge on any atom is -0.353 e. The monoisotopic (exact) mass is 246 g/mol. The van der Waals surface area contributed by atoms with Gasteiger partial charge in [0.2, 0.25) is 5.91 Å². The Morgan fingerprint density at radius 3 is 2.67 bits per heavy atom. The van der Waals surface area contributed by atoms with Gasteiger partial charge in [0.1, 0.15) is 0 Å². The van der Waals surface area contributed by atoms with Crippen molar-refractivity contribution in [3.63, 3.8) is 0 Å². The highest BCUT2D eigenvalue weighted by atomic mass is 16.1. The van der Waals surface area contributed by atoms with E-state index in [1.165, 1.54) is 12.8 Å². The zero-order valence-electron chi connectivity index (χ0n) is 11.0. The fourth-order valence-corrected chi connectivity index (χ4v) is 2.34. The summed E-state index contributed by atoms with van der Waals surface area (Å²) in [6.45, 7) is 2.58. The Balaban J connectivity index is 1.85. The Kier molecular flexibility index (Phi) is 4.37. The van der Waals surface area contributed by atoms with Crippen LogP contribution in [-0.4, -0.2) is 11.9 Å². The van der Waals surface area contributed by atoms with Gasteiger partial charge in [-0.25, -0.2) is 0 Å². The Morgan fingerprint density at radius 1 is 1.39 bits per heavy atom. The largest absolute Gasteiger partial charge is 0.353 e. The maximum atomic E-state index is 11.9. The van der Waals surface area contributed by atoms with Crippen LogP contribution < -0.4 is 11.1 Å². The number of carbonyl (C=O) groups is 1. The molecule has 3 heteroatoms. The summed E-state index contributed by atoms with van der Waals surface area (Å²) in [7, 11) is 0. The van der Waals surface area contributed by atoms with E-state index in [9.17, 15) is 4.79 Å². The molecule has 0 aliphatic heterocycles. The van der Waals surface area contributed by atoms with Crippen LogP contribution in [0, 0.1) is 5.92 Å². The summed E-state index contributed by atoms with van der Waals surface area (Å²) in [5, 5.41) is 3.07. The summed E-state index contributed by atoms with van der Waals surface area (Å²) in [6.07, 6.45) is 4.21. The van der Waals surface area contributed by atoms with Gasteiger partial charge in [0.05, 0.1) is 6.42 Å². The van der Waals surface area contributed by atoms with Crippen molar-refractivity contribution >= 4 is 5.91 Å². The normalized spacial score (nSPS) is 16.3. The molecule has 3 nitrogen and oxygen atoms in total. The van der Waals surface area contributed by atoms with Crippen molar-refractivity contribution in [3.8, 4) is 0 Å². The molecule has 18 heavy (non-hydrogen) atoms. The Labute approximate surface area is 109 Å². The number of rotatable bonds is 6. The van der Waals surface area contributed by atoms with E-state index in [0.717, 1.165) is 23.5 Å². The fraction of sp³-hybridized carbons (Fsp3) is 0.533. The van der Waals surface area contributed by atoms with E-state index in [2.05, 4.69) is 12.2 Å². The van der Waals surface area contributed by atoms with Crippen molar-refractivity contribution in [1.29, 1.82) is 0 Å². The van der Waals surface area contributed by atoms with E-state index in [1.54, 1.807) is 0 Å². The second kappa shape index (κ2) is 6.01. The molecule has 2 rings (SSSR count). The average Bonchev–Trinajstić information content (AvgIpc) is 3.13. The molecule has 0 bridgehead atoms. The first-order valence-corrected chi connectivity index (χ1v) is 6.75. The third-order valence-electron chi connectivity index (χ3n) is 3.48. The van der Waals surface area contributed by atoms with Crippen molar-refractivity contribution in [1.82, 2.24) is 5.32 Å². The summed E-state index contributed by atoms with van der Waals surface area (Å²) < 4.78 is 0. The second-order valence-corrected chi connectivity index (χ2v) is 5.30. The second-order valence-electron chi connectivity index (χ2n) is 5.30. The van der Waals surface area contributed by atoms with Crippen LogP contribution in [0.4, 0.5) is 0 Å². The number of hydrogen-bond acceptors (Lipinski definition) is 2. The van der Waals surface area contributed by atoms with E-state index < -0.39 is 0 Å². The summed E-state index contributed by atoms with van der Waals surface area (Å²) in [4.78, 5) is 11.9. The molecule has 1 aliphatic rings. The van der Waals surface area contributed by atoms with E-state index in [4.69, 9.17) is 5.73 Å². The quantitative estimate of drug-likeness (QED) is 0.806. The van der Waals surface area contributed by atoms with Crippen LogP contribution in [0.5, 0.6) is 0 Å². The SMILES string of the molecule is CC(CC1CC1)NC(=O)Cc1ccccc1CN. The number of amides is 1. The number of nitrogens with two attached hydrogens (primary N) is 1. The molecule has 1 saturated carbocycles. The van der Waals surface area contributed by atoms with Gasteiger partial charge >= 0.3 is 0 Å². The van der Waals surface area contributed by atoms with Crippen molar-refractivity contribution in [3.05, 3.63) is 35.4 Å². The number of nitrogens with one attached hydrogen (secondary N) is 1. The standard InChI is InChI=1S/C15H22N2O/c1-11(8-12-6-7-12)17-15(18)9-13-4-2-3-5-14(13)10-16/h2-5,11-12H,6-10,16H2,1H3,(H,17,18). The molecule has 98 valence electrons. The molecular weight excluding hydrogens is 224 g/mol. The molecule has 0 radical (unpaired) electrons. The molecule has 1 aromatic carbocycles. The minimum atomic E-state index is 0.101. The zero-order chi connectivity index (χ0) is 13.0. The van der Waals surface area contributed by atoms with E-state index in [1.807, 2.05) is 24.3 Å². The number of benzene rings is 1. The lowest BCUT2D eigenvalue weighted by molar-refractivity contribution is -0.121. The molecule has 0 heterocycles. The van der Waals surface area contributed by atoms with Crippen LogP contribution in [0.2, 0.25) is 0 Å². The molecular formula is C15H22N2O. The smallest absolute Gasteiger partial charge is 0.224 e. The van der Waals surface area contributed by atoms with Crippen LogP contribution in [0.1, 0.15) is 37.3 Å². The Hall–Kier alpha value is -1.35. The van der Waals surface area contributed by atoms with Crippen LogP contribution in [0.3, 0.4) is 0 Å². The van der Waals surface area contributed by atoms with Crippen LogP contribution in [-0.2, 0) is 17.8 Å². The van der Waals surface area contributed by atoms with E-state index in [0.29, 0.717) is 13.0 Å². The lowest BCUT2D eigenvalue weighted by Gasteiger charge is -2.14. The predicted octanol–water partition coefficient (Wildman–Crippen LogP) is 1.99. The molecule has 0 saturated heterocycles. The van der Waals surface area contributed by atoms with Crippen molar-refractivity contribution in [2.45, 2.75) is 45.2 Å². The summed E-state index contributed by atoms with van der Waals surface area (Å²) in [5.74, 6) is 0.945. The van der Waals surface area contributed by atoms with Crippen LogP contribution >= 0.6 is 0 Å². The zero-order valence-corrected chi connectivity index (χ0v) is 11.0. The molecule has 1 atom stereocenters. The molecule has 0 spiro atoms. The number of hydrogen-bond donors (Lipinski definition) is 2. The maximum absolute atomic E-state index is 11.9. The van der Waals surface area contributed by atoms with Crippen LogP contribution in [0.25, 0.3) is 0 Å². The highest BCUT2D eigenvalue weighted by molar-refractivity contribution is 5.79. The van der Waals surface area contributed by atoms with Gasteiger partial charge in [-0.3, -0.25) is 4.79 Å². The van der Waals surface area contributed by atoms with E-state index in [-0.39, 0.29) is 11.9 Å². The number of carbonyl (C=O) groups excluding carboxylic acids is 1. The van der Waals surface area contributed by atoms with Gasteiger partial charge in [0, 0.05) is 12.6 Å². The first kappa shape index (κ1) is 13.1. The molecule has 1 fully saturated rings. The van der Waals surface area contributed by atoms with Gasteiger partial charge < -0.3 is 11.1 Å². The van der Waals surface area contributed by atoms with Gasteiger partial charge in [-0.15, -0.1) is 0 Å². The third kappa shape index (κ3) is 3.84. The molecule has 1 aromatic rings. The van der Waals surface area contributed by atoms with Crippen LogP contribution in [0.15, 0.2) is 24.3 Å². The van der Waals surface area contributed by atoms with Gasteiger partial charge in [0.25, 0.3) is 0 Å². The Bertz CT molecular complexity index is 413. The van der Waals surface area contributed by atoms with Gasteiger partial charge in [-0.2, -0.15) is 0 Å². The summed E-state index contributed by atoms with van der Waals surface area (Å²) in [6, 6.07) is 8.16. The summed E-state index contributed by atoms with van der Waals surface area (Å²) in [5.41, 5.74) is 7.77. The maximum Gasteiger partial charge on any atom is 0.224 e. The molecule has 1 unspecified atom stereocenters. The van der Waals surface area contributed by atoms with E-state index >= 15 is 0 Å². The van der Waals surface area contributed by atoms with Gasteiger partial charge in [-0.1, -0.05) is 37.1 Å². The minimum absolute atomic E-state index is 0.101. The lowest BCUT2D eigenvalue weighted by Crippen LogP contribution is -2.34. The Morgan fingerprint density at radius 2 is 2.06 bits per heavy atom. The molecule has 1 aliphatic carbocycles. The highest BCUT2D eigenvalue weighted by Gasteiger charge is 2.24. The first-order chi connectivity index (χ1) is 8.69. The lowest BCUT2D eigenvalue weighted by atomic mass is 10.0. The van der Waals surface area contributed by atoms with Crippen molar-refractivity contribution in [2.24, 2.45) is 11.7 Å². The highest BCUT2D eigenvalue weighted by Crippen LogP contribution is 2.33. The van der Waals surface area contributed by atoms with Crippen molar-refractivity contribution < 1.29 is 4.79 Å². The predicted molar refractivity (Wildman–Crippen MR) is 73.0 cm³/mol. The molecule has 3 N–H and O–H groups in total. The first-order valence-electron chi connectivity index (χ1n) is 6.75. The van der Waals surface area contributed by atoms with Gasteiger partial charge in [0.15, 0.2) is 0 Å². The third-order valence-corrected chi connectivity index (χ3v) is 3.48. The topological polar surface area (TPSA) is 55.1 Å². The van der Waals surface area contributed by atoms with Gasteiger partial charge in [-0.05, 0) is 30.4 Å². The average molecular weight is 246 g/mol. The fourth-order valence-electron chi connectivity index (χ4n) is 2.34. The molecule has 1 amide bonds. The molecule has 0 aromatic heterocycles. The van der Waals surface area contributed by atoms with Crippen molar-refractivity contribution in [2.75, 3.05) is 0 Å².